The van der Waals surface area contributed by atoms with Crippen molar-refractivity contribution in [3.8, 4) is 0 Å². The number of carbonyl (C=O) groups excluding carboxylic acids is 1. The molecule has 0 heterocycles. The van der Waals surface area contributed by atoms with Crippen LogP contribution in [0.4, 0.5) is 10.1 Å². The van der Waals surface area contributed by atoms with Gasteiger partial charge in [0.05, 0.1) is 11.4 Å². The monoisotopic (exact) mass is 365 g/mol. The summed E-state index contributed by atoms with van der Waals surface area (Å²) >= 11 is 0. The van der Waals surface area contributed by atoms with Crippen LogP contribution >= 0.6 is 0 Å². The summed E-state index contributed by atoms with van der Waals surface area (Å²) in [5.74, 6) is -0.616. The summed E-state index contributed by atoms with van der Waals surface area (Å²) in [5, 5.41) is 7.68. The van der Waals surface area contributed by atoms with Crippen LogP contribution in [-0.2, 0) is 14.8 Å². The summed E-state index contributed by atoms with van der Waals surface area (Å²) in [5.41, 5.74) is 0.958. The standard InChI is InChI=1S/C17H20FN3O3S/c1-12(15-5-3-4-6-16(15)18)21(2)11-17(22)20-13-7-9-14(10-8-13)25(19,23)24/h3-10,12H,11H2,1-2H3,(H,20,22)(H2,19,23,24). The number of anilines is 1. The van der Waals surface area contributed by atoms with Gasteiger partial charge in [-0.2, -0.15) is 0 Å². The van der Waals surface area contributed by atoms with Crippen molar-refractivity contribution in [1.29, 1.82) is 0 Å². The molecule has 2 aromatic carbocycles. The first-order valence-corrected chi connectivity index (χ1v) is 9.10. The Hall–Kier alpha value is -2.29. The number of benzene rings is 2. The van der Waals surface area contributed by atoms with E-state index in [1.165, 1.54) is 30.3 Å². The number of halogens is 1. The van der Waals surface area contributed by atoms with E-state index in [0.717, 1.165) is 0 Å². The highest BCUT2D eigenvalue weighted by Crippen LogP contribution is 2.21. The van der Waals surface area contributed by atoms with Crippen LogP contribution in [-0.4, -0.2) is 32.8 Å². The number of carbonyl (C=O) groups is 1. The zero-order valence-corrected chi connectivity index (χ0v) is 14.8. The van der Waals surface area contributed by atoms with Crippen LogP contribution in [0.25, 0.3) is 0 Å². The van der Waals surface area contributed by atoms with Crippen LogP contribution in [0.15, 0.2) is 53.4 Å². The van der Waals surface area contributed by atoms with E-state index in [1.54, 1.807) is 30.1 Å². The Morgan fingerprint density at radius 1 is 1.20 bits per heavy atom. The van der Waals surface area contributed by atoms with Gasteiger partial charge >= 0.3 is 0 Å². The Kier molecular flexibility index (Phi) is 5.89. The lowest BCUT2D eigenvalue weighted by Gasteiger charge is -2.24. The van der Waals surface area contributed by atoms with Gasteiger partial charge in [0.2, 0.25) is 15.9 Å². The van der Waals surface area contributed by atoms with E-state index in [2.05, 4.69) is 5.32 Å². The highest BCUT2D eigenvalue weighted by Gasteiger charge is 2.18. The average molecular weight is 365 g/mol. The van der Waals surface area contributed by atoms with Crippen LogP contribution in [0, 0.1) is 5.82 Å². The predicted octanol–water partition coefficient (Wildman–Crippen LogP) is 2.10. The molecule has 1 unspecified atom stereocenters. The molecule has 0 aromatic heterocycles. The predicted molar refractivity (Wildman–Crippen MR) is 93.9 cm³/mol. The second-order valence-electron chi connectivity index (χ2n) is 5.73. The largest absolute Gasteiger partial charge is 0.325 e. The third kappa shape index (κ3) is 5.09. The van der Waals surface area contributed by atoms with Crippen molar-refractivity contribution in [2.75, 3.05) is 18.9 Å². The number of hydrogen-bond donors (Lipinski definition) is 2. The minimum absolute atomic E-state index is 0.0317. The Labute approximate surface area is 146 Å². The molecule has 0 aliphatic rings. The van der Waals surface area contributed by atoms with E-state index < -0.39 is 10.0 Å². The summed E-state index contributed by atoms with van der Waals surface area (Å²) in [6.07, 6.45) is 0. The average Bonchev–Trinajstić information content (AvgIpc) is 2.54. The first-order chi connectivity index (χ1) is 11.7. The van der Waals surface area contributed by atoms with Gasteiger partial charge in [0.15, 0.2) is 0 Å². The molecule has 0 bridgehead atoms. The molecule has 0 spiro atoms. The molecule has 0 fully saturated rings. The topological polar surface area (TPSA) is 92.5 Å². The van der Waals surface area contributed by atoms with Gasteiger partial charge in [0.1, 0.15) is 5.82 Å². The summed E-state index contributed by atoms with van der Waals surface area (Å²) in [7, 11) is -2.05. The molecule has 25 heavy (non-hydrogen) atoms. The normalized spacial score (nSPS) is 12.8. The van der Waals surface area contributed by atoms with E-state index in [-0.39, 0.29) is 29.2 Å². The molecule has 0 aliphatic carbocycles. The lowest BCUT2D eigenvalue weighted by molar-refractivity contribution is -0.117. The highest BCUT2D eigenvalue weighted by atomic mass is 32.2. The Balaban J connectivity index is 1.99. The number of rotatable bonds is 6. The lowest BCUT2D eigenvalue weighted by atomic mass is 10.1. The Morgan fingerprint density at radius 3 is 2.36 bits per heavy atom. The van der Waals surface area contributed by atoms with Crippen molar-refractivity contribution in [2.24, 2.45) is 5.14 Å². The van der Waals surface area contributed by atoms with Crippen LogP contribution in [0.1, 0.15) is 18.5 Å². The maximum Gasteiger partial charge on any atom is 0.238 e. The van der Waals surface area contributed by atoms with Gasteiger partial charge in [-0.3, -0.25) is 9.69 Å². The maximum absolute atomic E-state index is 13.8. The van der Waals surface area contributed by atoms with Gasteiger partial charge in [-0.15, -0.1) is 0 Å². The summed E-state index contributed by atoms with van der Waals surface area (Å²) in [6.45, 7) is 1.86. The molecule has 1 atom stereocenters. The minimum atomic E-state index is -3.77. The quantitative estimate of drug-likeness (QED) is 0.820. The second kappa shape index (κ2) is 7.73. The summed E-state index contributed by atoms with van der Waals surface area (Å²) in [4.78, 5) is 13.8. The molecule has 1 amide bonds. The first-order valence-electron chi connectivity index (χ1n) is 7.56. The van der Waals surface area contributed by atoms with Crippen molar-refractivity contribution in [2.45, 2.75) is 17.9 Å². The number of primary sulfonamides is 1. The molecule has 2 aromatic rings. The highest BCUT2D eigenvalue weighted by molar-refractivity contribution is 7.89. The number of likely N-dealkylation sites (N-methyl/N-ethyl adjacent to an activating group) is 1. The van der Waals surface area contributed by atoms with E-state index >= 15 is 0 Å². The van der Waals surface area contributed by atoms with Gasteiger partial charge < -0.3 is 5.32 Å². The van der Waals surface area contributed by atoms with E-state index in [9.17, 15) is 17.6 Å². The molecule has 6 nitrogen and oxygen atoms in total. The fourth-order valence-corrected chi connectivity index (χ4v) is 2.86. The Bertz CT molecular complexity index is 854. The molecular weight excluding hydrogens is 345 g/mol. The minimum Gasteiger partial charge on any atom is -0.325 e. The van der Waals surface area contributed by atoms with Gasteiger partial charge in [-0.1, -0.05) is 18.2 Å². The lowest BCUT2D eigenvalue weighted by Crippen LogP contribution is -2.32. The molecule has 0 saturated carbocycles. The van der Waals surface area contributed by atoms with Crippen molar-refractivity contribution in [3.63, 3.8) is 0 Å². The molecule has 0 radical (unpaired) electrons. The van der Waals surface area contributed by atoms with Crippen molar-refractivity contribution in [3.05, 3.63) is 59.9 Å². The van der Waals surface area contributed by atoms with Crippen LogP contribution in [0.5, 0.6) is 0 Å². The Morgan fingerprint density at radius 2 is 1.80 bits per heavy atom. The van der Waals surface area contributed by atoms with E-state index in [0.29, 0.717) is 11.3 Å². The fourth-order valence-electron chi connectivity index (χ4n) is 2.34. The van der Waals surface area contributed by atoms with Crippen LogP contribution in [0.2, 0.25) is 0 Å². The van der Waals surface area contributed by atoms with Crippen molar-refractivity contribution < 1.29 is 17.6 Å². The molecule has 8 heteroatoms. The van der Waals surface area contributed by atoms with Gasteiger partial charge in [-0.25, -0.2) is 17.9 Å². The van der Waals surface area contributed by atoms with Crippen molar-refractivity contribution >= 4 is 21.6 Å². The molecule has 0 aliphatic heterocycles. The van der Waals surface area contributed by atoms with Crippen LogP contribution in [0.3, 0.4) is 0 Å². The number of sulfonamides is 1. The summed E-state index contributed by atoms with van der Waals surface area (Å²) < 4.78 is 36.2. The van der Waals surface area contributed by atoms with Gasteiger partial charge in [-0.05, 0) is 44.3 Å². The SMILES string of the molecule is CC(c1ccccc1F)N(C)CC(=O)Nc1ccc(S(N)(=O)=O)cc1. The third-order valence-electron chi connectivity index (χ3n) is 3.88. The van der Waals surface area contributed by atoms with Crippen molar-refractivity contribution in [1.82, 2.24) is 4.90 Å². The molecule has 0 saturated heterocycles. The third-order valence-corrected chi connectivity index (χ3v) is 4.81. The van der Waals surface area contributed by atoms with E-state index in [1.807, 2.05) is 6.92 Å². The molecule has 134 valence electrons. The molecular formula is C17H20FN3O3S. The van der Waals surface area contributed by atoms with Gasteiger partial charge in [0, 0.05) is 17.3 Å². The van der Waals surface area contributed by atoms with Crippen LogP contribution < -0.4 is 10.5 Å². The molecule has 3 N–H and O–H groups in total. The number of hydrogen-bond acceptors (Lipinski definition) is 4. The number of amides is 1. The zero-order valence-electron chi connectivity index (χ0n) is 13.9. The zero-order chi connectivity index (χ0) is 18.6. The maximum atomic E-state index is 13.8. The smallest absolute Gasteiger partial charge is 0.238 e. The molecule has 2 rings (SSSR count). The van der Waals surface area contributed by atoms with E-state index in [4.69, 9.17) is 5.14 Å². The second-order valence-corrected chi connectivity index (χ2v) is 7.29. The first kappa shape index (κ1) is 19.0. The number of nitrogens with one attached hydrogen (secondary N) is 1. The van der Waals surface area contributed by atoms with Gasteiger partial charge in [0.25, 0.3) is 0 Å². The summed E-state index contributed by atoms with van der Waals surface area (Å²) in [6, 6.07) is 11.7. The fraction of sp³-hybridized carbons (Fsp3) is 0.235. The number of nitrogens with zero attached hydrogens (tertiary/aromatic N) is 1. The number of nitrogens with two attached hydrogens (primary N) is 1.